The van der Waals surface area contributed by atoms with Crippen LogP contribution in [0.3, 0.4) is 0 Å². The number of hydrogen-bond acceptors (Lipinski definition) is 1. The Bertz CT molecular complexity index is 776. The van der Waals surface area contributed by atoms with Crippen molar-refractivity contribution in [1.82, 2.24) is 0 Å². The molecule has 0 saturated heterocycles. The van der Waals surface area contributed by atoms with Crippen LogP contribution in [0.1, 0.15) is 26.7 Å². The second-order valence-corrected chi connectivity index (χ2v) is 9.79. The van der Waals surface area contributed by atoms with Crippen LogP contribution in [0, 0.1) is 0 Å². The zero-order valence-corrected chi connectivity index (χ0v) is 15.9. The average molecular weight is 387 g/mol. The molecule has 0 bridgehead atoms. The standard InChI is InChI=1S/C20H20BrOP/c1-15-13-19(21)20(14-16(15)2)23(22,17-9-5-3-6-10-17)18-11-7-4-8-12-18/h3-12H,13-14H2,1-2H3. The zero-order valence-electron chi connectivity index (χ0n) is 13.4. The molecule has 0 saturated carbocycles. The Kier molecular flexibility index (Phi) is 4.75. The van der Waals surface area contributed by atoms with Gasteiger partial charge in [0, 0.05) is 26.8 Å². The molecule has 0 aromatic heterocycles. The van der Waals surface area contributed by atoms with E-state index >= 15 is 0 Å². The molecule has 0 atom stereocenters. The largest absolute Gasteiger partial charge is 0.309 e. The van der Waals surface area contributed by atoms with Crippen molar-refractivity contribution in [2.24, 2.45) is 0 Å². The Hall–Kier alpha value is -1.37. The topological polar surface area (TPSA) is 17.1 Å². The van der Waals surface area contributed by atoms with Gasteiger partial charge in [-0.15, -0.1) is 0 Å². The van der Waals surface area contributed by atoms with E-state index in [4.69, 9.17) is 0 Å². The Morgan fingerprint density at radius 3 is 1.70 bits per heavy atom. The van der Waals surface area contributed by atoms with E-state index in [0.29, 0.717) is 0 Å². The third kappa shape index (κ3) is 3.03. The van der Waals surface area contributed by atoms with E-state index in [1.54, 1.807) is 0 Å². The van der Waals surface area contributed by atoms with E-state index < -0.39 is 7.14 Å². The number of hydrogen-bond donors (Lipinski definition) is 0. The maximum absolute atomic E-state index is 14.3. The molecule has 0 unspecified atom stereocenters. The van der Waals surface area contributed by atoms with Crippen LogP contribution >= 0.6 is 23.1 Å². The lowest BCUT2D eigenvalue weighted by Crippen LogP contribution is -2.19. The van der Waals surface area contributed by atoms with Gasteiger partial charge < -0.3 is 4.57 Å². The molecule has 0 aliphatic heterocycles. The van der Waals surface area contributed by atoms with Gasteiger partial charge in [0.2, 0.25) is 0 Å². The van der Waals surface area contributed by atoms with Gasteiger partial charge in [0.15, 0.2) is 7.14 Å². The molecule has 118 valence electrons. The quantitative estimate of drug-likeness (QED) is 0.485. The highest BCUT2D eigenvalue weighted by Crippen LogP contribution is 2.58. The first-order valence-electron chi connectivity index (χ1n) is 7.78. The van der Waals surface area contributed by atoms with Gasteiger partial charge in [-0.2, -0.15) is 0 Å². The smallest absolute Gasteiger partial charge is 0.168 e. The molecule has 23 heavy (non-hydrogen) atoms. The van der Waals surface area contributed by atoms with Crippen molar-refractivity contribution >= 4 is 33.7 Å². The molecule has 0 N–H and O–H groups in total. The second-order valence-electron chi connectivity index (χ2n) is 6.05. The molecule has 1 aliphatic rings. The minimum absolute atomic E-state index is 0.771. The van der Waals surface area contributed by atoms with Crippen molar-refractivity contribution in [3.63, 3.8) is 0 Å². The minimum atomic E-state index is -2.82. The first-order chi connectivity index (χ1) is 11.0. The average Bonchev–Trinajstić information content (AvgIpc) is 2.59. The highest BCUT2D eigenvalue weighted by Gasteiger charge is 2.35. The second kappa shape index (κ2) is 6.63. The summed E-state index contributed by atoms with van der Waals surface area (Å²) < 4.78 is 15.4. The molecule has 1 aliphatic carbocycles. The zero-order chi connectivity index (χ0) is 16.4. The summed E-state index contributed by atoms with van der Waals surface area (Å²) in [6.07, 6.45) is 1.62. The first-order valence-corrected chi connectivity index (χ1v) is 10.3. The van der Waals surface area contributed by atoms with Gasteiger partial charge in [0.1, 0.15) is 0 Å². The Morgan fingerprint density at radius 2 is 1.22 bits per heavy atom. The molecule has 3 heteroatoms. The van der Waals surface area contributed by atoms with Gasteiger partial charge in [-0.25, -0.2) is 0 Å². The summed E-state index contributed by atoms with van der Waals surface area (Å²) in [6, 6.07) is 19.8. The lowest BCUT2D eigenvalue weighted by atomic mass is 10.00. The third-order valence-electron chi connectivity index (χ3n) is 4.51. The van der Waals surface area contributed by atoms with Gasteiger partial charge in [-0.3, -0.25) is 0 Å². The predicted molar refractivity (Wildman–Crippen MR) is 103 cm³/mol. The van der Waals surface area contributed by atoms with Crippen LogP contribution in [0.15, 0.2) is 81.6 Å². The number of benzene rings is 2. The summed E-state index contributed by atoms with van der Waals surface area (Å²) in [6.45, 7) is 4.30. The van der Waals surface area contributed by atoms with Gasteiger partial charge in [-0.05, 0) is 20.3 Å². The minimum Gasteiger partial charge on any atom is -0.309 e. The normalized spacial score (nSPS) is 16.0. The van der Waals surface area contributed by atoms with Gasteiger partial charge in [-0.1, -0.05) is 87.7 Å². The lowest BCUT2D eigenvalue weighted by Gasteiger charge is -2.28. The van der Waals surface area contributed by atoms with Crippen molar-refractivity contribution in [3.8, 4) is 0 Å². The molecule has 0 radical (unpaired) electrons. The highest BCUT2D eigenvalue weighted by molar-refractivity contribution is 9.11. The van der Waals surface area contributed by atoms with Crippen molar-refractivity contribution in [1.29, 1.82) is 0 Å². The van der Waals surface area contributed by atoms with Crippen LogP contribution < -0.4 is 10.6 Å². The van der Waals surface area contributed by atoms with Gasteiger partial charge >= 0.3 is 0 Å². The molecule has 2 aromatic carbocycles. The molecule has 1 nitrogen and oxygen atoms in total. The van der Waals surface area contributed by atoms with Crippen LogP contribution in [0.4, 0.5) is 0 Å². The van der Waals surface area contributed by atoms with Crippen molar-refractivity contribution in [3.05, 3.63) is 81.6 Å². The van der Waals surface area contributed by atoms with Crippen molar-refractivity contribution in [2.45, 2.75) is 26.7 Å². The van der Waals surface area contributed by atoms with E-state index in [9.17, 15) is 4.57 Å². The molecule has 0 heterocycles. The Labute approximate surface area is 146 Å². The molecule has 3 rings (SSSR count). The Balaban J connectivity index is 2.23. The number of halogens is 1. The van der Waals surface area contributed by atoms with Crippen LogP contribution in [0.5, 0.6) is 0 Å². The maximum Gasteiger partial charge on any atom is 0.168 e. The fraction of sp³-hybridized carbons (Fsp3) is 0.200. The fourth-order valence-electron chi connectivity index (χ4n) is 3.00. The maximum atomic E-state index is 14.3. The predicted octanol–water partition coefficient (Wildman–Crippen LogP) is 5.74. The van der Waals surface area contributed by atoms with E-state index in [0.717, 1.165) is 33.2 Å². The van der Waals surface area contributed by atoms with Crippen molar-refractivity contribution in [2.75, 3.05) is 0 Å². The van der Waals surface area contributed by atoms with Crippen LogP contribution in [0.25, 0.3) is 0 Å². The lowest BCUT2D eigenvalue weighted by molar-refractivity contribution is 0.589. The van der Waals surface area contributed by atoms with Crippen LogP contribution in [-0.4, -0.2) is 0 Å². The highest BCUT2D eigenvalue weighted by atomic mass is 79.9. The first kappa shape index (κ1) is 16.5. The summed E-state index contributed by atoms with van der Waals surface area (Å²) in [4.78, 5) is 0. The molecule has 0 spiro atoms. The molecule has 0 fully saturated rings. The molecule has 0 amide bonds. The van der Waals surface area contributed by atoms with Crippen LogP contribution in [-0.2, 0) is 4.57 Å². The molecule has 2 aromatic rings. The van der Waals surface area contributed by atoms with Crippen LogP contribution in [0.2, 0.25) is 0 Å². The summed E-state index contributed by atoms with van der Waals surface area (Å²) in [5.41, 5.74) is 2.70. The monoisotopic (exact) mass is 386 g/mol. The summed E-state index contributed by atoms with van der Waals surface area (Å²) in [7, 11) is -2.82. The van der Waals surface area contributed by atoms with Crippen molar-refractivity contribution < 1.29 is 4.57 Å². The van der Waals surface area contributed by atoms with E-state index in [2.05, 4.69) is 29.8 Å². The fourth-order valence-corrected chi connectivity index (χ4v) is 7.30. The molecular weight excluding hydrogens is 367 g/mol. The third-order valence-corrected chi connectivity index (χ3v) is 8.82. The van der Waals surface area contributed by atoms with E-state index in [1.165, 1.54) is 11.1 Å². The van der Waals surface area contributed by atoms with Gasteiger partial charge in [0.05, 0.1) is 0 Å². The SMILES string of the molecule is CC1=C(C)CC(P(=O)(c2ccccc2)c2ccccc2)=C(Br)C1. The number of allylic oxidation sites excluding steroid dienone is 4. The molecular formula is C20H20BrOP. The summed E-state index contributed by atoms with van der Waals surface area (Å²) in [5.74, 6) is 0. The van der Waals surface area contributed by atoms with E-state index in [-0.39, 0.29) is 0 Å². The summed E-state index contributed by atoms with van der Waals surface area (Å²) >= 11 is 3.73. The summed E-state index contributed by atoms with van der Waals surface area (Å²) in [5, 5.41) is 2.86. The number of rotatable bonds is 3. The van der Waals surface area contributed by atoms with Gasteiger partial charge in [0.25, 0.3) is 0 Å². The van der Waals surface area contributed by atoms with E-state index in [1.807, 2.05) is 60.7 Å². The Morgan fingerprint density at radius 1 is 0.783 bits per heavy atom.